The van der Waals surface area contributed by atoms with Gasteiger partial charge in [-0.2, -0.15) is 0 Å². The summed E-state index contributed by atoms with van der Waals surface area (Å²) < 4.78 is 32.8. The number of carbonyl (C=O) groups excluding carboxylic acids is 3. The van der Waals surface area contributed by atoms with Crippen molar-refractivity contribution in [3.8, 4) is 0 Å². The van der Waals surface area contributed by atoms with E-state index in [-0.39, 0.29) is 61.7 Å². The highest BCUT2D eigenvalue weighted by molar-refractivity contribution is 5.91. The summed E-state index contributed by atoms with van der Waals surface area (Å²) in [7, 11) is 0. The Hall–Kier alpha value is -2.36. The molecule has 4 fully saturated rings. The summed E-state index contributed by atoms with van der Waals surface area (Å²) in [5.74, 6) is -0.603. The van der Waals surface area contributed by atoms with Gasteiger partial charge >= 0.3 is 6.09 Å². The number of halogens is 2. The van der Waals surface area contributed by atoms with Crippen LogP contribution >= 0.6 is 0 Å². The number of ether oxygens (including phenoxy) is 1. The van der Waals surface area contributed by atoms with E-state index in [0.29, 0.717) is 24.2 Å². The number of allylic oxidation sites excluding steroid dienone is 1. The topological polar surface area (TPSA) is 97.3 Å². The number of rotatable bonds is 8. The number of hydrogen-bond acceptors (Lipinski definition) is 7. The molecule has 5 rings (SSSR count). The van der Waals surface area contributed by atoms with E-state index in [1.165, 1.54) is 5.57 Å². The first-order valence-corrected chi connectivity index (χ1v) is 14.9. The molecule has 0 bridgehead atoms. The predicted octanol–water partition coefficient (Wildman–Crippen LogP) is 5.47. The van der Waals surface area contributed by atoms with Crippen LogP contribution in [0.5, 0.6) is 0 Å². The molecule has 1 unspecified atom stereocenters. The van der Waals surface area contributed by atoms with E-state index in [1.54, 1.807) is 0 Å². The Morgan fingerprint density at radius 3 is 2.67 bits per heavy atom. The Kier molecular flexibility index (Phi) is 8.12. The van der Waals surface area contributed by atoms with E-state index in [2.05, 4.69) is 24.3 Å². The van der Waals surface area contributed by atoms with Gasteiger partial charge in [0.1, 0.15) is 0 Å². The molecule has 1 saturated heterocycles. The maximum Gasteiger partial charge on any atom is 0.438 e. The second-order valence-corrected chi connectivity index (χ2v) is 13.2. The number of nitrogens with one attached hydrogen (secondary N) is 1. The summed E-state index contributed by atoms with van der Waals surface area (Å²) in [4.78, 5) is 42.1. The minimum atomic E-state index is -2.84. The number of hydrogen-bond donors (Lipinski definition) is 1. The molecule has 1 N–H and O–H groups in total. The van der Waals surface area contributed by atoms with E-state index in [1.807, 2.05) is 13.0 Å². The van der Waals surface area contributed by atoms with E-state index in [0.717, 1.165) is 55.6 Å². The highest BCUT2D eigenvalue weighted by Crippen LogP contribution is 2.66. The van der Waals surface area contributed by atoms with Gasteiger partial charge < -0.3 is 10.1 Å². The lowest BCUT2D eigenvalue weighted by atomic mass is 9.46. The summed E-state index contributed by atoms with van der Waals surface area (Å²) in [6, 6.07) is -1.04. The Bertz CT molecular complexity index is 1080. The average Bonchev–Trinajstić information content (AvgIpc) is 3.45. The highest BCUT2D eigenvalue weighted by atomic mass is 19.3. The highest BCUT2D eigenvalue weighted by Gasteiger charge is 2.59. The van der Waals surface area contributed by atoms with Crippen molar-refractivity contribution in [2.75, 3.05) is 19.8 Å². The van der Waals surface area contributed by atoms with Crippen molar-refractivity contribution in [3.05, 3.63) is 11.6 Å². The number of amides is 1. The minimum Gasteiger partial charge on any atom is -0.446 e. The fourth-order valence-electron chi connectivity index (χ4n) is 9.14. The molecular weight excluding hydrogens is 520 g/mol. The normalized spacial score (nSPS) is 38.5. The summed E-state index contributed by atoms with van der Waals surface area (Å²) in [5, 5.41) is 7.01. The Morgan fingerprint density at radius 2 is 1.95 bits per heavy atom. The van der Waals surface area contributed by atoms with Crippen molar-refractivity contribution < 1.29 is 32.7 Å². The Balaban J connectivity index is 1.23. The molecule has 5 aliphatic rings. The van der Waals surface area contributed by atoms with Crippen molar-refractivity contribution in [2.45, 2.75) is 96.9 Å². The minimum absolute atomic E-state index is 0.00191. The van der Waals surface area contributed by atoms with Gasteiger partial charge in [-0.15, -0.1) is 0 Å². The lowest BCUT2D eigenvalue weighted by molar-refractivity contribution is -0.132. The van der Waals surface area contributed by atoms with Gasteiger partial charge in [0.2, 0.25) is 0 Å². The van der Waals surface area contributed by atoms with E-state index in [4.69, 9.17) is 9.57 Å². The number of carbonyl (C=O) groups is 3. The molecular formula is C30H43F2N3O5. The van der Waals surface area contributed by atoms with Gasteiger partial charge in [-0.25, -0.2) is 13.6 Å². The second kappa shape index (κ2) is 11.1. The van der Waals surface area contributed by atoms with Crippen molar-refractivity contribution in [1.29, 1.82) is 0 Å². The largest absolute Gasteiger partial charge is 0.446 e. The molecule has 8 nitrogen and oxygen atoms in total. The molecule has 0 radical (unpaired) electrons. The van der Waals surface area contributed by atoms with Crippen LogP contribution in [0.1, 0.15) is 85.0 Å². The molecule has 4 aliphatic carbocycles. The maximum atomic E-state index is 14.0. The lowest BCUT2D eigenvalue weighted by Gasteiger charge is -2.58. The summed E-state index contributed by atoms with van der Waals surface area (Å²) in [5.41, 5.74) is 2.31. The number of fused-ring (bicyclic) bond motifs is 5. The van der Waals surface area contributed by atoms with Crippen LogP contribution in [0.4, 0.5) is 13.6 Å². The van der Waals surface area contributed by atoms with Crippen LogP contribution in [-0.4, -0.2) is 60.7 Å². The summed E-state index contributed by atoms with van der Waals surface area (Å²) in [6.45, 7) is 6.64. The average molecular weight is 564 g/mol. The van der Waals surface area contributed by atoms with Gasteiger partial charge in [0.15, 0.2) is 12.5 Å². The van der Waals surface area contributed by atoms with Gasteiger partial charge in [-0.05, 0) is 93.0 Å². The maximum absolute atomic E-state index is 14.0. The first-order valence-electron chi connectivity index (χ1n) is 14.9. The molecule has 1 heterocycles. The van der Waals surface area contributed by atoms with Gasteiger partial charge in [-0.3, -0.25) is 19.3 Å². The third-order valence-corrected chi connectivity index (χ3v) is 11.3. The second-order valence-electron chi connectivity index (χ2n) is 13.2. The molecule has 0 aromatic heterocycles. The Labute approximate surface area is 235 Å². The molecule has 1 aliphatic heterocycles. The third kappa shape index (κ3) is 5.21. The molecule has 1 amide bonds. The van der Waals surface area contributed by atoms with Crippen LogP contribution in [-0.2, 0) is 19.2 Å². The van der Waals surface area contributed by atoms with Crippen molar-refractivity contribution in [2.24, 2.45) is 39.7 Å². The quantitative estimate of drug-likeness (QED) is 0.138. The molecule has 222 valence electrons. The molecule has 3 saturated carbocycles. The third-order valence-electron chi connectivity index (χ3n) is 11.3. The molecule has 10 heteroatoms. The van der Waals surface area contributed by atoms with Gasteiger partial charge in [0, 0.05) is 31.8 Å². The Morgan fingerprint density at radius 1 is 1.15 bits per heavy atom. The van der Waals surface area contributed by atoms with Crippen LogP contribution in [0, 0.1) is 34.5 Å². The van der Waals surface area contributed by atoms with Crippen LogP contribution in [0.2, 0.25) is 0 Å². The molecule has 0 aromatic rings. The first-order chi connectivity index (χ1) is 19.0. The van der Waals surface area contributed by atoms with Crippen LogP contribution in [0.15, 0.2) is 16.8 Å². The van der Waals surface area contributed by atoms with E-state index >= 15 is 0 Å². The zero-order chi connectivity index (χ0) is 28.7. The van der Waals surface area contributed by atoms with Crippen molar-refractivity contribution >= 4 is 24.1 Å². The zero-order valence-electron chi connectivity index (χ0n) is 23.9. The summed E-state index contributed by atoms with van der Waals surface area (Å²) >= 11 is 0. The van der Waals surface area contributed by atoms with Gasteiger partial charge in [0.05, 0.1) is 11.8 Å². The number of nitrogens with zero attached hydrogens (tertiary/aromatic N) is 2. The molecule has 0 aromatic carbocycles. The van der Waals surface area contributed by atoms with Gasteiger partial charge in [-0.1, -0.05) is 24.6 Å². The number of ketones is 1. The SMILES string of the molecule is C/C(=N\OC(=O)N(CCC1NCCC1(F)F)COC=O)[C@H]1CC[C@H]2[C@@H]3CCC4=CC(=O)CC[C@]4(C)[C@H]3CC[C@]12C. The molecule has 7 atom stereocenters. The van der Waals surface area contributed by atoms with Gasteiger partial charge in [0.25, 0.3) is 12.4 Å². The fraction of sp³-hybridized carbons (Fsp3) is 0.800. The van der Waals surface area contributed by atoms with Crippen LogP contribution in [0.3, 0.4) is 0 Å². The van der Waals surface area contributed by atoms with E-state index in [9.17, 15) is 23.2 Å². The van der Waals surface area contributed by atoms with E-state index < -0.39 is 18.1 Å². The first kappa shape index (κ1) is 29.1. The molecule has 0 spiro atoms. The van der Waals surface area contributed by atoms with Crippen molar-refractivity contribution in [3.63, 3.8) is 0 Å². The standard InChI is InChI=1S/C30H43F2N3O5/c1-19(34-40-27(38)35(17-39-18-36)15-10-26-30(31,32)13-14-33-26)23-6-7-24-22-5-4-20-16-21(37)8-11-28(20,2)25(22)9-12-29(23,24)3/h16,18,22-26,33H,4-15,17H2,1-3H3/b34-19+/t22-,23+,24-,25-,26?,28-,29+/m0/s1. The zero-order valence-corrected chi connectivity index (χ0v) is 23.9. The molecule has 40 heavy (non-hydrogen) atoms. The monoisotopic (exact) mass is 563 g/mol. The lowest BCUT2D eigenvalue weighted by Crippen LogP contribution is -2.51. The number of alkyl halides is 2. The predicted molar refractivity (Wildman–Crippen MR) is 144 cm³/mol. The summed E-state index contributed by atoms with van der Waals surface area (Å²) in [6.07, 6.45) is 8.91. The van der Waals surface area contributed by atoms with Crippen LogP contribution < -0.4 is 5.32 Å². The van der Waals surface area contributed by atoms with Crippen molar-refractivity contribution in [1.82, 2.24) is 10.2 Å². The number of oxime groups is 1. The smallest absolute Gasteiger partial charge is 0.438 e. The van der Waals surface area contributed by atoms with Crippen LogP contribution in [0.25, 0.3) is 0 Å². The fourth-order valence-corrected chi connectivity index (χ4v) is 9.14.